The van der Waals surface area contributed by atoms with E-state index in [1.54, 1.807) is 25.0 Å². The monoisotopic (exact) mass is 495 g/mol. The highest BCUT2D eigenvalue weighted by Gasteiger charge is 2.19. The second-order valence-electron chi connectivity index (χ2n) is 9.98. The van der Waals surface area contributed by atoms with Crippen LogP contribution >= 0.6 is 0 Å². The molecule has 0 saturated carbocycles. The molecule has 0 saturated heterocycles. The maximum absolute atomic E-state index is 13.4. The van der Waals surface area contributed by atoms with Crippen LogP contribution in [0.25, 0.3) is 0 Å². The molecule has 210 valence electrons. The number of hydrogen-bond donors (Lipinski definition) is 0. The van der Waals surface area contributed by atoms with E-state index in [0.717, 1.165) is 25.7 Å². The third-order valence-corrected chi connectivity index (χ3v) is 6.06. The molecule has 0 aromatic heterocycles. The Hall–Kier alpha value is -1.11. The molecule has 0 nitrogen and oxygen atoms in total. The van der Waals surface area contributed by atoms with Crippen LogP contribution in [0.3, 0.4) is 0 Å². The molecule has 1 heteroatoms. The first-order chi connectivity index (χ1) is 16.5. The SMILES string of the molecule is C/C=C\CCCCC.C=CCCC(C)CCC(=C)C(C)(C)F.CCC.CCC(CC)=C(CC)CC. The zero-order valence-electron chi connectivity index (χ0n) is 26.3. The van der Waals surface area contributed by atoms with Crippen LogP contribution < -0.4 is 0 Å². The van der Waals surface area contributed by atoms with Gasteiger partial charge >= 0.3 is 0 Å². The van der Waals surface area contributed by atoms with Crippen LogP contribution in [0.4, 0.5) is 4.39 Å². The third-order valence-electron chi connectivity index (χ3n) is 6.06. The summed E-state index contributed by atoms with van der Waals surface area (Å²) in [4.78, 5) is 0. The van der Waals surface area contributed by atoms with Gasteiger partial charge in [-0.15, -0.1) is 6.58 Å². The number of rotatable bonds is 15. The second kappa shape index (κ2) is 30.9. The van der Waals surface area contributed by atoms with E-state index in [0.29, 0.717) is 11.5 Å². The minimum atomic E-state index is -1.22. The normalized spacial score (nSPS) is 11.2. The third kappa shape index (κ3) is 32.9. The lowest BCUT2D eigenvalue weighted by Gasteiger charge is -2.19. The van der Waals surface area contributed by atoms with Crippen molar-refractivity contribution < 1.29 is 4.39 Å². The van der Waals surface area contributed by atoms with Gasteiger partial charge < -0.3 is 0 Å². The molecular weight excluding hydrogens is 427 g/mol. The minimum Gasteiger partial charge on any atom is -0.240 e. The number of allylic oxidation sites excluding steroid dienone is 6. The molecule has 0 aliphatic heterocycles. The highest BCUT2D eigenvalue weighted by Crippen LogP contribution is 2.25. The molecule has 0 heterocycles. The van der Waals surface area contributed by atoms with Gasteiger partial charge in [0.15, 0.2) is 0 Å². The van der Waals surface area contributed by atoms with Gasteiger partial charge in [-0.2, -0.15) is 0 Å². The quantitative estimate of drug-likeness (QED) is 0.157. The standard InChI is InChI=1S/C13H23F.C10H20.C8H16.C3H8/c1-6-7-8-11(2)9-10-12(3)13(4,5)14;1-5-9(6-2)10(7-3)8-4;1-3-5-7-8-6-4-2;1-3-2/h6,11H,1,3,7-10H2,2,4-5H3;5-8H2,1-4H3;3,5H,4,6-8H2,1-2H3;3H2,1-2H3/b;;5-3-;. The molecule has 0 rings (SSSR count). The molecule has 0 spiro atoms. The topological polar surface area (TPSA) is 0 Å². The second-order valence-corrected chi connectivity index (χ2v) is 9.98. The van der Waals surface area contributed by atoms with Crippen LogP contribution in [0, 0.1) is 5.92 Å². The molecule has 0 aliphatic rings. The Morgan fingerprint density at radius 1 is 0.829 bits per heavy atom. The summed E-state index contributed by atoms with van der Waals surface area (Å²) in [6, 6.07) is 0. The summed E-state index contributed by atoms with van der Waals surface area (Å²) in [7, 11) is 0. The van der Waals surface area contributed by atoms with E-state index >= 15 is 0 Å². The lowest BCUT2D eigenvalue weighted by molar-refractivity contribution is 0.258. The van der Waals surface area contributed by atoms with Crippen LogP contribution in [0.5, 0.6) is 0 Å². The average Bonchev–Trinajstić information content (AvgIpc) is 2.83. The van der Waals surface area contributed by atoms with Crippen LogP contribution in [0.15, 0.2) is 48.1 Å². The Bertz CT molecular complexity index is 475. The Morgan fingerprint density at radius 3 is 1.60 bits per heavy atom. The van der Waals surface area contributed by atoms with Crippen LogP contribution in [-0.4, -0.2) is 5.67 Å². The predicted molar refractivity (Wildman–Crippen MR) is 165 cm³/mol. The maximum atomic E-state index is 13.4. The van der Waals surface area contributed by atoms with Gasteiger partial charge in [-0.3, -0.25) is 0 Å². The lowest BCUT2D eigenvalue weighted by atomic mass is 9.92. The van der Waals surface area contributed by atoms with Gasteiger partial charge in [0.1, 0.15) is 5.67 Å². The van der Waals surface area contributed by atoms with E-state index in [4.69, 9.17) is 0 Å². The first-order valence-electron chi connectivity index (χ1n) is 14.8. The summed E-state index contributed by atoms with van der Waals surface area (Å²) in [5, 5.41) is 0. The van der Waals surface area contributed by atoms with Crippen molar-refractivity contribution in [3.8, 4) is 0 Å². The molecule has 0 aromatic rings. The number of halogens is 1. The van der Waals surface area contributed by atoms with Gasteiger partial charge in [0.25, 0.3) is 0 Å². The van der Waals surface area contributed by atoms with Gasteiger partial charge in [-0.05, 0) is 96.5 Å². The molecule has 0 aliphatic carbocycles. The molecule has 0 bridgehead atoms. The zero-order chi connectivity index (χ0) is 28.1. The fourth-order valence-corrected chi connectivity index (χ4v) is 3.44. The van der Waals surface area contributed by atoms with E-state index in [-0.39, 0.29) is 0 Å². The average molecular weight is 495 g/mol. The summed E-state index contributed by atoms with van der Waals surface area (Å²) in [6.45, 7) is 30.4. The van der Waals surface area contributed by atoms with E-state index in [2.05, 4.69) is 87.6 Å². The largest absolute Gasteiger partial charge is 0.240 e. The molecule has 0 radical (unpaired) electrons. The van der Waals surface area contributed by atoms with Gasteiger partial charge in [-0.25, -0.2) is 4.39 Å². The highest BCUT2D eigenvalue weighted by molar-refractivity contribution is 5.12. The lowest BCUT2D eigenvalue weighted by Crippen LogP contribution is -2.15. The smallest absolute Gasteiger partial charge is 0.126 e. The van der Waals surface area contributed by atoms with Crippen molar-refractivity contribution in [1.82, 2.24) is 0 Å². The number of unbranched alkanes of at least 4 members (excludes halogenated alkanes) is 3. The van der Waals surface area contributed by atoms with Gasteiger partial charge in [-0.1, -0.05) is 111 Å². The summed E-state index contributed by atoms with van der Waals surface area (Å²) in [5.74, 6) is 0.632. The van der Waals surface area contributed by atoms with Crippen molar-refractivity contribution in [3.05, 3.63) is 48.1 Å². The molecule has 0 N–H and O–H groups in total. The van der Waals surface area contributed by atoms with Crippen LogP contribution in [-0.2, 0) is 0 Å². The Labute approximate surface area is 223 Å². The van der Waals surface area contributed by atoms with Crippen molar-refractivity contribution in [3.63, 3.8) is 0 Å². The number of hydrogen-bond acceptors (Lipinski definition) is 0. The molecule has 35 heavy (non-hydrogen) atoms. The van der Waals surface area contributed by atoms with Gasteiger partial charge in [0.2, 0.25) is 0 Å². The summed E-state index contributed by atoms with van der Waals surface area (Å²) in [6.07, 6.45) is 21.9. The Kier molecular flexibility index (Phi) is 36.3. The van der Waals surface area contributed by atoms with Crippen LogP contribution in [0.1, 0.15) is 160 Å². The molecule has 0 fully saturated rings. The van der Waals surface area contributed by atoms with Crippen molar-refractivity contribution >= 4 is 0 Å². The highest BCUT2D eigenvalue weighted by atomic mass is 19.1. The van der Waals surface area contributed by atoms with Crippen molar-refractivity contribution in [2.24, 2.45) is 5.92 Å². The molecule has 1 atom stereocenters. The van der Waals surface area contributed by atoms with Gasteiger partial charge in [0.05, 0.1) is 0 Å². The first kappa shape index (κ1) is 41.0. The van der Waals surface area contributed by atoms with E-state index in [9.17, 15) is 4.39 Å². The van der Waals surface area contributed by atoms with E-state index in [1.807, 2.05) is 6.08 Å². The maximum Gasteiger partial charge on any atom is 0.126 e. The first-order valence-corrected chi connectivity index (χ1v) is 14.8. The Balaban J connectivity index is -0.000000202. The fraction of sp³-hybridized carbons (Fsp3) is 0.765. The zero-order valence-corrected chi connectivity index (χ0v) is 26.3. The summed E-state index contributed by atoms with van der Waals surface area (Å²) in [5.41, 5.74) is 2.83. The molecule has 0 aromatic carbocycles. The fourth-order valence-electron chi connectivity index (χ4n) is 3.44. The Morgan fingerprint density at radius 2 is 1.29 bits per heavy atom. The summed E-state index contributed by atoms with van der Waals surface area (Å²) >= 11 is 0. The van der Waals surface area contributed by atoms with E-state index in [1.165, 1.54) is 57.8 Å². The minimum absolute atomic E-state index is 0.632. The summed E-state index contributed by atoms with van der Waals surface area (Å²) < 4.78 is 13.4. The van der Waals surface area contributed by atoms with Crippen molar-refractivity contribution in [2.45, 2.75) is 165 Å². The van der Waals surface area contributed by atoms with E-state index < -0.39 is 5.67 Å². The van der Waals surface area contributed by atoms with Gasteiger partial charge in [0, 0.05) is 0 Å². The molecule has 1 unspecified atom stereocenters. The van der Waals surface area contributed by atoms with Crippen molar-refractivity contribution in [1.29, 1.82) is 0 Å². The molecule has 0 amide bonds. The van der Waals surface area contributed by atoms with Crippen LogP contribution in [0.2, 0.25) is 0 Å². The molecular formula is C34H67F. The van der Waals surface area contributed by atoms with Crippen molar-refractivity contribution in [2.75, 3.05) is 0 Å². The predicted octanol–water partition coefficient (Wildman–Crippen LogP) is 13.2. The number of alkyl halides is 1.